The summed E-state index contributed by atoms with van der Waals surface area (Å²) in [6.07, 6.45) is -0.215. The number of rotatable bonds is 8. The highest BCUT2D eigenvalue weighted by Gasteiger charge is 2.20. The van der Waals surface area contributed by atoms with E-state index in [1.807, 2.05) is 49.4 Å². The van der Waals surface area contributed by atoms with Crippen molar-refractivity contribution in [2.45, 2.75) is 26.4 Å². The maximum Gasteiger partial charge on any atom is 0.306 e. The molecule has 2 aromatic carbocycles. The number of benzene rings is 2. The molecular formula is C20H23NO4. The Labute approximate surface area is 147 Å². The zero-order valence-corrected chi connectivity index (χ0v) is 14.4. The summed E-state index contributed by atoms with van der Waals surface area (Å²) in [5.74, 6) is -1.50. The zero-order valence-electron chi connectivity index (χ0n) is 14.4. The molecule has 5 nitrogen and oxygen atoms in total. The Kier molecular flexibility index (Phi) is 6.71. The van der Waals surface area contributed by atoms with Crippen LogP contribution in [-0.4, -0.2) is 23.6 Å². The molecule has 2 atom stereocenters. The van der Waals surface area contributed by atoms with E-state index in [0.717, 1.165) is 11.1 Å². The average Bonchev–Trinajstić information content (AvgIpc) is 2.61. The summed E-state index contributed by atoms with van der Waals surface area (Å²) < 4.78 is 5.59. The van der Waals surface area contributed by atoms with Crippen molar-refractivity contribution in [2.24, 2.45) is 5.92 Å². The van der Waals surface area contributed by atoms with Gasteiger partial charge in [0, 0.05) is 12.3 Å². The lowest BCUT2D eigenvalue weighted by Gasteiger charge is -2.17. The minimum absolute atomic E-state index is 0.236. The first-order valence-electron chi connectivity index (χ1n) is 8.30. The second kappa shape index (κ2) is 8.99. The molecule has 0 aromatic heterocycles. The third-order valence-electron chi connectivity index (χ3n) is 3.86. The van der Waals surface area contributed by atoms with Crippen molar-refractivity contribution in [3.05, 3.63) is 65.7 Å². The van der Waals surface area contributed by atoms with E-state index in [2.05, 4.69) is 5.32 Å². The number of aliphatic carboxylic acids is 1. The minimum atomic E-state index is -0.820. The SMILES string of the molecule is CCOC(C(=O)Nc1ccc(CC(C)C(=O)O)cc1)c1ccccc1. The lowest BCUT2D eigenvalue weighted by Crippen LogP contribution is -2.23. The summed E-state index contributed by atoms with van der Waals surface area (Å²) in [6.45, 7) is 3.95. The Morgan fingerprint density at radius 3 is 2.28 bits per heavy atom. The Bertz CT molecular complexity index is 697. The van der Waals surface area contributed by atoms with Crippen LogP contribution in [0.5, 0.6) is 0 Å². The third kappa shape index (κ3) is 5.43. The lowest BCUT2D eigenvalue weighted by atomic mass is 10.0. The van der Waals surface area contributed by atoms with Crippen LogP contribution in [0.4, 0.5) is 5.69 Å². The lowest BCUT2D eigenvalue weighted by molar-refractivity contribution is -0.141. The summed E-state index contributed by atoms with van der Waals surface area (Å²) in [5.41, 5.74) is 2.36. The molecule has 2 unspecified atom stereocenters. The predicted molar refractivity (Wildman–Crippen MR) is 96.4 cm³/mol. The predicted octanol–water partition coefficient (Wildman–Crippen LogP) is 3.67. The molecule has 2 rings (SSSR count). The van der Waals surface area contributed by atoms with Crippen LogP contribution in [0.25, 0.3) is 0 Å². The fourth-order valence-electron chi connectivity index (χ4n) is 2.49. The van der Waals surface area contributed by atoms with Gasteiger partial charge in [-0.25, -0.2) is 0 Å². The number of ether oxygens (including phenoxy) is 1. The fourth-order valence-corrected chi connectivity index (χ4v) is 2.49. The highest BCUT2D eigenvalue weighted by Crippen LogP contribution is 2.20. The van der Waals surface area contributed by atoms with Gasteiger partial charge in [0.1, 0.15) is 0 Å². The molecule has 0 heterocycles. The van der Waals surface area contributed by atoms with E-state index in [4.69, 9.17) is 9.84 Å². The van der Waals surface area contributed by atoms with Gasteiger partial charge in [0.25, 0.3) is 5.91 Å². The summed E-state index contributed by atoms with van der Waals surface area (Å²) in [4.78, 5) is 23.5. The van der Waals surface area contributed by atoms with E-state index >= 15 is 0 Å². The van der Waals surface area contributed by atoms with Gasteiger partial charge in [-0.05, 0) is 36.6 Å². The second-order valence-corrected chi connectivity index (χ2v) is 5.88. The maximum atomic E-state index is 12.5. The molecule has 0 saturated carbocycles. The number of carboxylic acid groups (broad SMARTS) is 1. The van der Waals surface area contributed by atoms with Crippen molar-refractivity contribution in [1.82, 2.24) is 0 Å². The summed E-state index contributed by atoms with van der Waals surface area (Å²) >= 11 is 0. The topological polar surface area (TPSA) is 75.6 Å². The van der Waals surface area contributed by atoms with Gasteiger partial charge < -0.3 is 15.2 Å². The molecule has 2 N–H and O–H groups in total. The van der Waals surface area contributed by atoms with Crippen molar-refractivity contribution in [3.8, 4) is 0 Å². The number of carboxylic acids is 1. The Morgan fingerprint density at radius 1 is 1.08 bits per heavy atom. The third-order valence-corrected chi connectivity index (χ3v) is 3.86. The molecule has 0 bridgehead atoms. The molecule has 25 heavy (non-hydrogen) atoms. The monoisotopic (exact) mass is 341 g/mol. The van der Waals surface area contributed by atoms with Gasteiger partial charge in [-0.3, -0.25) is 9.59 Å². The van der Waals surface area contributed by atoms with E-state index < -0.39 is 18.0 Å². The summed E-state index contributed by atoms with van der Waals surface area (Å²) in [6, 6.07) is 16.5. The average molecular weight is 341 g/mol. The summed E-state index contributed by atoms with van der Waals surface area (Å²) in [7, 11) is 0. The largest absolute Gasteiger partial charge is 0.481 e. The van der Waals surface area contributed by atoms with Crippen LogP contribution >= 0.6 is 0 Å². The van der Waals surface area contributed by atoms with Gasteiger partial charge in [0.15, 0.2) is 6.10 Å². The molecular weight excluding hydrogens is 318 g/mol. The van der Waals surface area contributed by atoms with Crippen molar-refractivity contribution in [3.63, 3.8) is 0 Å². The molecule has 0 aliphatic rings. The van der Waals surface area contributed by atoms with Crippen molar-refractivity contribution >= 4 is 17.6 Å². The van der Waals surface area contributed by atoms with E-state index in [9.17, 15) is 9.59 Å². The normalized spacial score (nSPS) is 13.0. The van der Waals surface area contributed by atoms with Crippen molar-refractivity contribution in [2.75, 3.05) is 11.9 Å². The number of anilines is 1. The zero-order chi connectivity index (χ0) is 18.2. The Balaban J connectivity index is 2.04. The molecule has 0 aliphatic heterocycles. The summed E-state index contributed by atoms with van der Waals surface area (Å²) in [5, 5.41) is 11.8. The van der Waals surface area contributed by atoms with Gasteiger partial charge >= 0.3 is 5.97 Å². The van der Waals surface area contributed by atoms with Gasteiger partial charge in [-0.15, -0.1) is 0 Å². The first-order chi connectivity index (χ1) is 12.0. The number of nitrogens with one attached hydrogen (secondary N) is 1. The van der Waals surface area contributed by atoms with E-state index in [1.54, 1.807) is 19.1 Å². The first kappa shape index (κ1) is 18.7. The van der Waals surface area contributed by atoms with Gasteiger partial charge in [0.2, 0.25) is 0 Å². The van der Waals surface area contributed by atoms with Crippen LogP contribution in [0.3, 0.4) is 0 Å². The minimum Gasteiger partial charge on any atom is -0.481 e. The van der Waals surface area contributed by atoms with E-state index in [1.165, 1.54) is 0 Å². The highest BCUT2D eigenvalue weighted by molar-refractivity contribution is 5.94. The molecule has 1 amide bonds. The smallest absolute Gasteiger partial charge is 0.306 e. The van der Waals surface area contributed by atoms with Crippen LogP contribution in [0.1, 0.15) is 31.1 Å². The van der Waals surface area contributed by atoms with Crippen LogP contribution in [0.15, 0.2) is 54.6 Å². The van der Waals surface area contributed by atoms with Crippen LogP contribution in [0, 0.1) is 5.92 Å². The van der Waals surface area contributed by atoms with Crippen LogP contribution in [-0.2, 0) is 20.7 Å². The van der Waals surface area contributed by atoms with Gasteiger partial charge in [-0.2, -0.15) is 0 Å². The van der Waals surface area contributed by atoms with Crippen molar-refractivity contribution in [1.29, 1.82) is 0 Å². The number of hydrogen-bond donors (Lipinski definition) is 2. The molecule has 0 saturated heterocycles. The maximum absolute atomic E-state index is 12.5. The highest BCUT2D eigenvalue weighted by atomic mass is 16.5. The van der Waals surface area contributed by atoms with Crippen molar-refractivity contribution < 1.29 is 19.4 Å². The van der Waals surface area contributed by atoms with Gasteiger partial charge in [-0.1, -0.05) is 49.4 Å². The molecule has 0 spiro atoms. The van der Waals surface area contributed by atoms with E-state index in [0.29, 0.717) is 18.7 Å². The fraction of sp³-hybridized carbons (Fsp3) is 0.300. The van der Waals surface area contributed by atoms with Crippen LogP contribution in [0.2, 0.25) is 0 Å². The molecule has 0 radical (unpaired) electrons. The number of carbonyl (C=O) groups is 2. The van der Waals surface area contributed by atoms with E-state index in [-0.39, 0.29) is 5.91 Å². The number of carbonyl (C=O) groups excluding carboxylic acids is 1. The first-order valence-corrected chi connectivity index (χ1v) is 8.30. The molecule has 5 heteroatoms. The number of hydrogen-bond acceptors (Lipinski definition) is 3. The molecule has 0 fully saturated rings. The number of amides is 1. The standard InChI is InChI=1S/C20H23NO4/c1-3-25-18(16-7-5-4-6-8-16)19(22)21-17-11-9-15(10-12-17)13-14(2)20(23)24/h4-12,14,18H,3,13H2,1-2H3,(H,21,22)(H,23,24). The quantitative estimate of drug-likeness (QED) is 0.768. The second-order valence-electron chi connectivity index (χ2n) is 5.88. The molecule has 0 aliphatic carbocycles. The molecule has 2 aromatic rings. The molecule has 132 valence electrons. The Morgan fingerprint density at radius 2 is 1.72 bits per heavy atom. The Hall–Kier alpha value is -2.66. The van der Waals surface area contributed by atoms with Gasteiger partial charge in [0.05, 0.1) is 5.92 Å². The van der Waals surface area contributed by atoms with Crippen LogP contribution < -0.4 is 5.32 Å².